The second-order valence-corrected chi connectivity index (χ2v) is 5.53. The monoisotopic (exact) mass is 338 g/mol. The first kappa shape index (κ1) is 13.5. The molecular formula is C16H11BrN4. The van der Waals surface area contributed by atoms with E-state index in [1.165, 1.54) is 0 Å². The van der Waals surface area contributed by atoms with E-state index in [9.17, 15) is 5.26 Å². The number of nitrogens with zero attached hydrogens (tertiary/aromatic N) is 3. The highest BCUT2D eigenvalue weighted by Crippen LogP contribution is 2.27. The Morgan fingerprint density at radius 2 is 2.05 bits per heavy atom. The van der Waals surface area contributed by atoms with Gasteiger partial charge in [-0.25, -0.2) is 0 Å². The Hall–Kier alpha value is -2.45. The zero-order valence-electron chi connectivity index (χ0n) is 11.3. The van der Waals surface area contributed by atoms with E-state index in [-0.39, 0.29) is 0 Å². The number of fused-ring (bicyclic) bond motifs is 1. The van der Waals surface area contributed by atoms with Crippen LogP contribution in [0, 0.1) is 18.3 Å². The summed E-state index contributed by atoms with van der Waals surface area (Å²) in [6.07, 6.45) is 3.46. The molecule has 21 heavy (non-hydrogen) atoms. The number of aryl methyl sites for hydroxylation is 1. The lowest BCUT2D eigenvalue weighted by Crippen LogP contribution is -1.97. The molecule has 5 heteroatoms. The van der Waals surface area contributed by atoms with E-state index in [2.05, 4.69) is 37.3 Å². The van der Waals surface area contributed by atoms with Crippen LogP contribution in [0.1, 0.15) is 11.1 Å². The van der Waals surface area contributed by atoms with Gasteiger partial charge in [-0.05, 0) is 46.6 Å². The van der Waals surface area contributed by atoms with Gasteiger partial charge < -0.3 is 5.32 Å². The Labute approximate surface area is 130 Å². The van der Waals surface area contributed by atoms with Gasteiger partial charge in [0.05, 0.1) is 22.5 Å². The molecule has 0 aliphatic carbocycles. The fourth-order valence-electron chi connectivity index (χ4n) is 2.17. The molecular weight excluding hydrogens is 328 g/mol. The molecule has 1 N–H and O–H groups in total. The number of nitrogens with one attached hydrogen (secondary N) is 1. The number of hydrogen-bond acceptors (Lipinski definition) is 4. The lowest BCUT2D eigenvalue weighted by atomic mass is 10.1. The predicted molar refractivity (Wildman–Crippen MR) is 86.4 cm³/mol. The van der Waals surface area contributed by atoms with Crippen molar-refractivity contribution < 1.29 is 0 Å². The molecule has 0 spiro atoms. The topological polar surface area (TPSA) is 61.6 Å². The fraction of sp³-hybridized carbons (Fsp3) is 0.0625. The molecule has 0 saturated carbocycles. The quantitative estimate of drug-likeness (QED) is 0.755. The molecule has 4 nitrogen and oxygen atoms in total. The van der Waals surface area contributed by atoms with Crippen LogP contribution >= 0.6 is 15.9 Å². The Kier molecular flexibility index (Phi) is 3.55. The van der Waals surface area contributed by atoms with Crippen LogP contribution in [0.5, 0.6) is 0 Å². The van der Waals surface area contributed by atoms with Gasteiger partial charge in [0.2, 0.25) is 0 Å². The number of halogens is 1. The van der Waals surface area contributed by atoms with Crippen molar-refractivity contribution in [1.29, 1.82) is 5.26 Å². The molecule has 0 unspecified atom stereocenters. The summed E-state index contributed by atoms with van der Waals surface area (Å²) in [4.78, 5) is 8.71. The minimum absolute atomic E-state index is 0.638. The van der Waals surface area contributed by atoms with Crippen molar-refractivity contribution in [3.63, 3.8) is 0 Å². The summed E-state index contributed by atoms with van der Waals surface area (Å²) in [6.45, 7) is 1.92. The van der Waals surface area contributed by atoms with Crippen molar-refractivity contribution in [2.45, 2.75) is 6.92 Å². The molecule has 0 amide bonds. The predicted octanol–water partition coefficient (Wildman–Crippen LogP) is 4.32. The fourth-order valence-corrected chi connectivity index (χ4v) is 2.49. The Bertz CT molecular complexity index is 868. The van der Waals surface area contributed by atoms with Crippen LogP contribution in [-0.2, 0) is 0 Å². The summed E-state index contributed by atoms with van der Waals surface area (Å²) in [5.74, 6) is 0. The first-order chi connectivity index (χ1) is 10.2. The van der Waals surface area contributed by atoms with Gasteiger partial charge >= 0.3 is 0 Å². The van der Waals surface area contributed by atoms with E-state index in [4.69, 9.17) is 0 Å². The van der Waals surface area contributed by atoms with Gasteiger partial charge in [-0.3, -0.25) is 9.97 Å². The van der Waals surface area contributed by atoms with Crippen LogP contribution < -0.4 is 5.32 Å². The SMILES string of the molecule is Cc1cccc(Nc2ccnc3cc(Br)cnc23)c1C#N. The Balaban J connectivity index is 2.11. The number of aromatic nitrogens is 2. The molecule has 0 atom stereocenters. The lowest BCUT2D eigenvalue weighted by Gasteiger charge is -2.11. The molecule has 0 aliphatic rings. The number of benzene rings is 1. The Morgan fingerprint density at radius 3 is 2.86 bits per heavy atom. The zero-order valence-corrected chi connectivity index (χ0v) is 12.8. The molecule has 3 rings (SSSR count). The van der Waals surface area contributed by atoms with E-state index in [1.807, 2.05) is 37.3 Å². The van der Waals surface area contributed by atoms with Crippen LogP contribution in [-0.4, -0.2) is 9.97 Å². The van der Waals surface area contributed by atoms with E-state index < -0.39 is 0 Å². The Morgan fingerprint density at radius 1 is 1.19 bits per heavy atom. The molecule has 0 fully saturated rings. The molecule has 3 aromatic rings. The van der Waals surface area contributed by atoms with Crippen LogP contribution in [0.25, 0.3) is 11.0 Å². The number of anilines is 2. The largest absolute Gasteiger partial charge is 0.353 e. The smallest absolute Gasteiger partial charge is 0.112 e. The van der Waals surface area contributed by atoms with E-state index in [1.54, 1.807) is 12.4 Å². The number of rotatable bonds is 2. The molecule has 0 saturated heterocycles. The summed E-state index contributed by atoms with van der Waals surface area (Å²) >= 11 is 3.39. The summed E-state index contributed by atoms with van der Waals surface area (Å²) in [6, 6.07) is 11.7. The zero-order chi connectivity index (χ0) is 14.8. The molecule has 2 aromatic heterocycles. The maximum absolute atomic E-state index is 9.30. The van der Waals surface area contributed by atoms with Crippen molar-refractivity contribution in [1.82, 2.24) is 9.97 Å². The highest BCUT2D eigenvalue weighted by molar-refractivity contribution is 9.10. The summed E-state index contributed by atoms with van der Waals surface area (Å²) < 4.78 is 0.882. The molecule has 0 radical (unpaired) electrons. The van der Waals surface area contributed by atoms with E-state index in [0.29, 0.717) is 5.56 Å². The first-order valence-electron chi connectivity index (χ1n) is 6.36. The number of pyridine rings is 2. The number of nitriles is 1. The van der Waals surface area contributed by atoms with E-state index in [0.717, 1.165) is 32.4 Å². The van der Waals surface area contributed by atoms with Crippen LogP contribution in [0.2, 0.25) is 0 Å². The molecule has 2 heterocycles. The van der Waals surface area contributed by atoms with Gasteiger partial charge in [-0.2, -0.15) is 5.26 Å². The van der Waals surface area contributed by atoms with Gasteiger partial charge in [0.25, 0.3) is 0 Å². The average molecular weight is 339 g/mol. The van der Waals surface area contributed by atoms with Gasteiger partial charge in [-0.1, -0.05) is 12.1 Å². The van der Waals surface area contributed by atoms with Gasteiger partial charge in [0, 0.05) is 16.9 Å². The normalized spacial score (nSPS) is 10.3. The lowest BCUT2D eigenvalue weighted by molar-refractivity contribution is 1.31. The minimum atomic E-state index is 0.638. The average Bonchev–Trinajstić information content (AvgIpc) is 2.47. The van der Waals surface area contributed by atoms with Crippen LogP contribution in [0.4, 0.5) is 11.4 Å². The van der Waals surface area contributed by atoms with Crippen molar-refractivity contribution in [3.8, 4) is 6.07 Å². The molecule has 102 valence electrons. The third-order valence-electron chi connectivity index (χ3n) is 3.20. The third-order valence-corrected chi connectivity index (χ3v) is 3.63. The summed E-state index contributed by atoms with van der Waals surface area (Å²) in [5.41, 5.74) is 4.74. The van der Waals surface area contributed by atoms with E-state index >= 15 is 0 Å². The molecule has 0 bridgehead atoms. The van der Waals surface area contributed by atoms with Crippen LogP contribution in [0.15, 0.2) is 47.2 Å². The molecule has 1 aromatic carbocycles. The standard InChI is InChI=1S/C16H11BrN4/c1-10-3-2-4-13(12(10)8-18)21-14-5-6-19-15-7-11(17)9-20-16(14)15/h2-7,9H,1H3,(H,19,21). The maximum atomic E-state index is 9.30. The second-order valence-electron chi connectivity index (χ2n) is 4.61. The summed E-state index contributed by atoms with van der Waals surface area (Å²) in [7, 11) is 0. The van der Waals surface area contributed by atoms with Gasteiger partial charge in [-0.15, -0.1) is 0 Å². The summed E-state index contributed by atoms with van der Waals surface area (Å²) in [5, 5.41) is 12.6. The first-order valence-corrected chi connectivity index (χ1v) is 7.15. The minimum Gasteiger partial charge on any atom is -0.353 e. The number of hydrogen-bond donors (Lipinski definition) is 1. The highest BCUT2D eigenvalue weighted by atomic mass is 79.9. The van der Waals surface area contributed by atoms with Crippen molar-refractivity contribution in [2.75, 3.05) is 5.32 Å². The van der Waals surface area contributed by atoms with Crippen molar-refractivity contribution in [3.05, 3.63) is 58.3 Å². The van der Waals surface area contributed by atoms with Gasteiger partial charge in [0.15, 0.2) is 0 Å². The van der Waals surface area contributed by atoms with Crippen LogP contribution in [0.3, 0.4) is 0 Å². The van der Waals surface area contributed by atoms with Crippen molar-refractivity contribution in [2.24, 2.45) is 0 Å². The van der Waals surface area contributed by atoms with Crippen molar-refractivity contribution >= 4 is 38.3 Å². The highest BCUT2D eigenvalue weighted by Gasteiger charge is 2.08. The maximum Gasteiger partial charge on any atom is 0.112 e. The molecule has 0 aliphatic heterocycles. The third kappa shape index (κ3) is 2.58. The van der Waals surface area contributed by atoms with Gasteiger partial charge in [0.1, 0.15) is 11.6 Å². The second kappa shape index (κ2) is 5.51.